The maximum Gasteiger partial charge on any atom is 0.257 e. The van der Waals surface area contributed by atoms with E-state index in [1.807, 2.05) is 62.5 Å². The summed E-state index contributed by atoms with van der Waals surface area (Å²) in [4.78, 5) is 18.5. The first-order chi connectivity index (χ1) is 22.8. The molecular formula is C35H36N6O5S. The number of aryl methyl sites for hydroxylation is 2. The molecular weight excluding hydrogens is 616 g/mol. The summed E-state index contributed by atoms with van der Waals surface area (Å²) in [6.07, 6.45) is 3.49. The zero-order chi connectivity index (χ0) is 32.7. The van der Waals surface area contributed by atoms with E-state index in [4.69, 9.17) is 19.2 Å². The highest BCUT2D eigenvalue weighted by Gasteiger charge is 2.32. The lowest BCUT2D eigenvalue weighted by molar-refractivity contribution is 0.122. The van der Waals surface area contributed by atoms with E-state index in [0.717, 1.165) is 46.7 Å². The van der Waals surface area contributed by atoms with Crippen molar-refractivity contribution >= 4 is 43.3 Å². The topological polar surface area (TPSA) is 134 Å². The molecule has 12 heteroatoms. The molecule has 47 heavy (non-hydrogen) atoms. The predicted octanol–water partition coefficient (Wildman–Crippen LogP) is 6.16. The quantitative estimate of drug-likeness (QED) is 0.168. The van der Waals surface area contributed by atoms with Crippen molar-refractivity contribution in [3.8, 4) is 22.9 Å². The summed E-state index contributed by atoms with van der Waals surface area (Å²) in [5, 5.41) is 2.92. The number of hydrogen-bond donors (Lipinski definition) is 3. The molecule has 3 N–H and O–H groups in total. The van der Waals surface area contributed by atoms with Crippen LogP contribution in [0.25, 0.3) is 33.3 Å². The Bertz CT molecular complexity index is 2170. The highest BCUT2D eigenvalue weighted by atomic mass is 32.2. The second kappa shape index (κ2) is 12.3. The van der Waals surface area contributed by atoms with Crippen LogP contribution in [0.2, 0.25) is 0 Å². The maximum absolute atomic E-state index is 14.4. The first-order valence-electron chi connectivity index (χ1n) is 15.4. The zero-order valence-electron chi connectivity index (χ0n) is 26.6. The van der Waals surface area contributed by atoms with Gasteiger partial charge in [-0.1, -0.05) is 17.7 Å². The standard InChI is InChI=1S/C35H36N6O5S/c1-21-5-11-25(12-6-21)47(42,43)35(38-23-7-9-24(10-8-23)41-15-17-46-18-16-41)26-13-14-36-33-27(26)19-29(39-33)28-20-37-30-22(2)32(44-3)34(45-4)40-31(28)30/h5-14,19-20,35,37-38H,15-18H2,1-4H3,(H,36,39). The Morgan fingerprint density at radius 3 is 2.43 bits per heavy atom. The Morgan fingerprint density at radius 1 is 0.979 bits per heavy atom. The predicted molar refractivity (Wildman–Crippen MR) is 183 cm³/mol. The first-order valence-corrected chi connectivity index (χ1v) is 16.9. The molecule has 1 aliphatic heterocycles. The van der Waals surface area contributed by atoms with E-state index in [0.29, 0.717) is 52.6 Å². The molecule has 0 aliphatic carbocycles. The molecule has 2 aromatic carbocycles. The number of aromatic nitrogens is 4. The third-order valence-corrected chi connectivity index (χ3v) is 10.6. The number of nitrogens with one attached hydrogen (secondary N) is 3. The van der Waals surface area contributed by atoms with Gasteiger partial charge in [0.1, 0.15) is 11.2 Å². The van der Waals surface area contributed by atoms with Gasteiger partial charge in [-0.2, -0.15) is 0 Å². The fourth-order valence-electron chi connectivity index (χ4n) is 6.18. The van der Waals surface area contributed by atoms with Crippen LogP contribution in [0.5, 0.6) is 11.6 Å². The van der Waals surface area contributed by atoms with Gasteiger partial charge in [0.15, 0.2) is 11.1 Å². The molecule has 0 amide bonds. The Labute approximate surface area is 272 Å². The second-order valence-electron chi connectivity index (χ2n) is 11.6. The van der Waals surface area contributed by atoms with E-state index in [2.05, 4.69) is 25.2 Å². The summed E-state index contributed by atoms with van der Waals surface area (Å²) in [6.45, 7) is 6.87. The van der Waals surface area contributed by atoms with Crippen LogP contribution in [-0.4, -0.2) is 68.9 Å². The molecule has 1 fully saturated rings. The third kappa shape index (κ3) is 5.53. The van der Waals surface area contributed by atoms with Gasteiger partial charge in [0.05, 0.1) is 43.5 Å². The van der Waals surface area contributed by atoms with E-state index in [9.17, 15) is 8.42 Å². The van der Waals surface area contributed by atoms with Crippen molar-refractivity contribution in [3.05, 3.63) is 89.7 Å². The molecule has 4 aromatic heterocycles. The number of benzene rings is 2. The lowest BCUT2D eigenvalue weighted by atomic mass is 10.1. The van der Waals surface area contributed by atoms with E-state index in [1.165, 1.54) is 0 Å². The SMILES string of the molecule is COc1nc2c(-c3cc4c(C(Nc5ccc(N6CCOCC6)cc5)S(=O)(=O)c5ccc(C)cc5)ccnc4[nH]3)c[nH]c2c(C)c1OC. The molecule has 0 saturated carbocycles. The number of anilines is 2. The van der Waals surface area contributed by atoms with Crippen LogP contribution in [0.15, 0.2) is 78.0 Å². The fourth-order valence-corrected chi connectivity index (χ4v) is 7.80. The van der Waals surface area contributed by atoms with Crippen molar-refractivity contribution in [3.63, 3.8) is 0 Å². The number of rotatable bonds is 9. The molecule has 1 saturated heterocycles. The minimum absolute atomic E-state index is 0.226. The van der Waals surface area contributed by atoms with Gasteiger partial charge in [0.25, 0.3) is 5.88 Å². The van der Waals surface area contributed by atoms with Gasteiger partial charge < -0.3 is 34.4 Å². The Kier molecular flexibility index (Phi) is 7.98. The number of ether oxygens (including phenoxy) is 3. The number of hydrogen-bond acceptors (Lipinski definition) is 9. The molecule has 1 atom stereocenters. The maximum atomic E-state index is 14.4. The summed E-state index contributed by atoms with van der Waals surface area (Å²) >= 11 is 0. The lowest BCUT2D eigenvalue weighted by Gasteiger charge is -2.29. The molecule has 0 spiro atoms. The molecule has 1 aliphatic rings. The largest absolute Gasteiger partial charge is 0.491 e. The fraction of sp³-hybridized carbons (Fsp3) is 0.257. The molecule has 0 bridgehead atoms. The number of nitrogens with zero attached hydrogens (tertiary/aromatic N) is 3. The number of H-pyrrole nitrogens is 2. The van der Waals surface area contributed by atoms with Gasteiger partial charge in [-0.15, -0.1) is 0 Å². The smallest absolute Gasteiger partial charge is 0.257 e. The van der Waals surface area contributed by atoms with Gasteiger partial charge in [-0.3, -0.25) is 0 Å². The van der Waals surface area contributed by atoms with Gasteiger partial charge in [0.2, 0.25) is 9.84 Å². The highest BCUT2D eigenvalue weighted by molar-refractivity contribution is 7.91. The summed E-state index contributed by atoms with van der Waals surface area (Å²) < 4.78 is 45.4. The van der Waals surface area contributed by atoms with Crippen LogP contribution >= 0.6 is 0 Å². The number of fused-ring (bicyclic) bond motifs is 2. The van der Waals surface area contributed by atoms with Gasteiger partial charge in [-0.25, -0.2) is 18.4 Å². The lowest BCUT2D eigenvalue weighted by Crippen LogP contribution is -2.36. The molecule has 1 unspecified atom stereocenters. The average molecular weight is 653 g/mol. The van der Waals surface area contributed by atoms with Crippen LogP contribution in [0, 0.1) is 13.8 Å². The van der Waals surface area contributed by atoms with Crippen molar-refractivity contribution < 1.29 is 22.6 Å². The van der Waals surface area contributed by atoms with Crippen molar-refractivity contribution in [1.82, 2.24) is 19.9 Å². The summed E-state index contributed by atoms with van der Waals surface area (Å²) in [5.74, 6) is 0.934. The number of sulfone groups is 1. The Morgan fingerprint density at radius 2 is 1.72 bits per heavy atom. The summed E-state index contributed by atoms with van der Waals surface area (Å²) in [7, 11) is -0.782. The van der Waals surface area contributed by atoms with Gasteiger partial charge in [0, 0.05) is 58.9 Å². The third-order valence-electron chi connectivity index (χ3n) is 8.71. The van der Waals surface area contributed by atoms with Gasteiger partial charge in [-0.05, 0) is 62.4 Å². The molecule has 0 radical (unpaired) electrons. The van der Waals surface area contributed by atoms with Crippen molar-refractivity contribution in [2.45, 2.75) is 24.1 Å². The number of aromatic amines is 2. The monoisotopic (exact) mass is 652 g/mol. The van der Waals surface area contributed by atoms with Crippen molar-refractivity contribution in [2.24, 2.45) is 0 Å². The molecule has 5 heterocycles. The highest BCUT2D eigenvalue weighted by Crippen LogP contribution is 2.40. The van der Waals surface area contributed by atoms with E-state index in [-0.39, 0.29) is 4.90 Å². The number of pyridine rings is 2. The number of morpholine rings is 1. The van der Waals surface area contributed by atoms with E-state index >= 15 is 0 Å². The van der Waals surface area contributed by atoms with E-state index in [1.54, 1.807) is 38.6 Å². The van der Waals surface area contributed by atoms with Crippen LogP contribution in [0.4, 0.5) is 11.4 Å². The molecule has 7 rings (SSSR count). The minimum Gasteiger partial charge on any atom is -0.491 e. The van der Waals surface area contributed by atoms with Crippen LogP contribution in [0.1, 0.15) is 22.1 Å². The summed E-state index contributed by atoms with van der Waals surface area (Å²) in [5.41, 5.74) is 7.73. The van der Waals surface area contributed by atoms with Crippen LogP contribution in [-0.2, 0) is 14.6 Å². The average Bonchev–Trinajstić information content (AvgIpc) is 3.72. The minimum atomic E-state index is -3.92. The normalized spacial score (nSPS) is 14.4. The Balaban J connectivity index is 1.33. The molecule has 11 nitrogen and oxygen atoms in total. The second-order valence-corrected chi connectivity index (χ2v) is 13.6. The molecule has 242 valence electrons. The summed E-state index contributed by atoms with van der Waals surface area (Å²) in [6, 6.07) is 18.5. The number of methoxy groups -OCH3 is 2. The Hall–Kier alpha value is -5.07. The van der Waals surface area contributed by atoms with E-state index < -0.39 is 15.2 Å². The van der Waals surface area contributed by atoms with Crippen molar-refractivity contribution in [2.75, 3.05) is 50.7 Å². The zero-order valence-corrected chi connectivity index (χ0v) is 27.4. The van der Waals surface area contributed by atoms with Crippen LogP contribution in [0.3, 0.4) is 0 Å². The van der Waals surface area contributed by atoms with Gasteiger partial charge >= 0.3 is 0 Å². The first kappa shape index (κ1) is 30.6. The van der Waals surface area contributed by atoms with Crippen LogP contribution < -0.4 is 19.7 Å². The van der Waals surface area contributed by atoms with Crippen molar-refractivity contribution in [1.29, 1.82) is 0 Å². The molecule has 6 aromatic rings.